The maximum Gasteiger partial charge on any atom is 0.243 e. The van der Waals surface area contributed by atoms with Gasteiger partial charge in [0.25, 0.3) is 0 Å². The van der Waals surface area contributed by atoms with Crippen LogP contribution in [0.25, 0.3) is 0 Å². The van der Waals surface area contributed by atoms with E-state index in [9.17, 15) is 4.79 Å². The zero-order chi connectivity index (χ0) is 16.2. The summed E-state index contributed by atoms with van der Waals surface area (Å²) in [6.45, 7) is 1.18. The van der Waals surface area contributed by atoms with Gasteiger partial charge in [-0.3, -0.25) is 4.79 Å². The number of hydrogen-bond acceptors (Lipinski definition) is 4. The third-order valence-corrected chi connectivity index (χ3v) is 5.17. The number of carbonyl (C=O) groups excluding carboxylic acids is 1. The van der Waals surface area contributed by atoms with Crippen molar-refractivity contribution in [2.45, 2.75) is 50.4 Å². The normalized spacial score (nSPS) is 27.5. The first kappa shape index (κ1) is 16.6. The molecule has 2 N–H and O–H groups in total. The van der Waals surface area contributed by atoms with E-state index in [1.54, 1.807) is 4.42 Å². The first-order chi connectivity index (χ1) is 11.2. The van der Waals surface area contributed by atoms with Crippen molar-refractivity contribution in [3.63, 3.8) is 0 Å². The molecule has 0 aliphatic carbocycles. The lowest BCUT2D eigenvalue weighted by molar-refractivity contribution is -0.131. The van der Waals surface area contributed by atoms with Gasteiger partial charge in [-0.2, -0.15) is 4.42 Å². The highest BCUT2D eigenvalue weighted by molar-refractivity contribution is 6.16. The van der Waals surface area contributed by atoms with Gasteiger partial charge in [0.05, 0.1) is 6.04 Å². The molecule has 5 nitrogen and oxygen atoms in total. The Balaban J connectivity index is 1.59. The fraction of sp³-hybridized carbons (Fsp3) is 0.588. The molecule has 1 amide bonds. The summed E-state index contributed by atoms with van der Waals surface area (Å²) < 4.78 is 7.57. The van der Waals surface area contributed by atoms with Crippen LogP contribution in [0.5, 0.6) is 5.75 Å². The molecule has 3 atom stereocenters. The molecule has 0 bridgehead atoms. The number of unbranched alkanes of at least 4 members (excludes halogenated alkanes) is 1. The Hall–Kier alpha value is -1.30. The van der Waals surface area contributed by atoms with Crippen molar-refractivity contribution < 1.29 is 9.53 Å². The van der Waals surface area contributed by atoms with E-state index in [1.807, 2.05) is 35.2 Å². The molecule has 2 fully saturated rings. The number of fused-ring (bicyclic) bond motifs is 1. The predicted octanol–water partition coefficient (Wildman–Crippen LogP) is 2.35. The second-order valence-corrected chi connectivity index (χ2v) is 6.62. The lowest BCUT2D eigenvalue weighted by Crippen LogP contribution is -2.40. The van der Waals surface area contributed by atoms with Gasteiger partial charge in [0.2, 0.25) is 5.91 Å². The molecule has 0 radical (unpaired) electrons. The molecule has 3 rings (SSSR count). The number of carbonyl (C=O) groups is 1. The SMILES string of the molecule is NCCCC[C@H]1C(=O)N2C(CC[C@@H]2COc2ccccc2)N1Cl. The summed E-state index contributed by atoms with van der Waals surface area (Å²) >= 11 is 6.43. The highest BCUT2D eigenvalue weighted by Crippen LogP contribution is 2.37. The Labute approximate surface area is 142 Å². The molecule has 0 spiro atoms. The van der Waals surface area contributed by atoms with Crippen LogP contribution in [-0.4, -0.2) is 46.6 Å². The van der Waals surface area contributed by atoms with Gasteiger partial charge in [-0.1, -0.05) is 24.6 Å². The highest BCUT2D eigenvalue weighted by Gasteiger charge is 2.51. The summed E-state index contributed by atoms with van der Waals surface area (Å²) in [6.07, 6.45) is 4.49. The minimum atomic E-state index is -0.215. The minimum absolute atomic E-state index is 0.0106. The molecule has 1 aromatic carbocycles. The van der Waals surface area contributed by atoms with Crippen molar-refractivity contribution >= 4 is 17.7 Å². The third-order valence-electron chi connectivity index (χ3n) is 4.71. The standard InChI is InChI=1S/C17H24ClN3O2/c18-21-15(8-4-5-11-19)17(22)20-13(9-10-16(20)21)12-23-14-6-2-1-3-7-14/h1-3,6-7,13,15-16H,4-5,8-12,19H2/t13-,15+,16?/m1/s1. The van der Waals surface area contributed by atoms with Gasteiger partial charge < -0.3 is 15.4 Å². The van der Waals surface area contributed by atoms with Crippen LogP contribution >= 0.6 is 11.8 Å². The van der Waals surface area contributed by atoms with Gasteiger partial charge in [0, 0.05) is 0 Å². The monoisotopic (exact) mass is 337 g/mol. The van der Waals surface area contributed by atoms with Gasteiger partial charge in [-0.15, -0.1) is 0 Å². The summed E-state index contributed by atoms with van der Waals surface area (Å²) in [6, 6.07) is 9.61. The number of para-hydroxylation sites is 1. The summed E-state index contributed by atoms with van der Waals surface area (Å²) in [7, 11) is 0. The number of halogens is 1. The number of nitrogens with two attached hydrogens (primary N) is 1. The van der Waals surface area contributed by atoms with Crippen molar-refractivity contribution in [1.29, 1.82) is 0 Å². The van der Waals surface area contributed by atoms with E-state index in [2.05, 4.69) is 0 Å². The van der Waals surface area contributed by atoms with E-state index in [4.69, 9.17) is 22.2 Å². The maximum absolute atomic E-state index is 12.7. The van der Waals surface area contributed by atoms with E-state index >= 15 is 0 Å². The van der Waals surface area contributed by atoms with Crippen molar-refractivity contribution in [3.8, 4) is 5.75 Å². The number of hydrogen-bond donors (Lipinski definition) is 1. The predicted molar refractivity (Wildman–Crippen MR) is 90.0 cm³/mol. The minimum Gasteiger partial charge on any atom is -0.491 e. The zero-order valence-corrected chi connectivity index (χ0v) is 14.0. The summed E-state index contributed by atoms with van der Waals surface area (Å²) in [5, 5.41) is 0. The summed E-state index contributed by atoms with van der Waals surface area (Å²) in [4.78, 5) is 14.7. The number of amides is 1. The van der Waals surface area contributed by atoms with Crippen molar-refractivity contribution in [2.24, 2.45) is 5.73 Å². The molecule has 6 heteroatoms. The Morgan fingerprint density at radius 2 is 2.00 bits per heavy atom. The van der Waals surface area contributed by atoms with Gasteiger partial charge in [0.15, 0.2) is 0 Å². The van der Waals surface area contributed by atoms with Crippen LogP contribution in [0.1, 0.15) is 32.1 Å². The molecule has 23 heavy (non-hydrogen) atoms. The quantitative estimate of drug-likeness (QED) is 0.613. The number of benzene rings is 1. The fourth-order valence-electron chi connectivity index (χ4n) is 3.52. The zero-order valence-electron chi connectivity index (χ0n) is 13.2. The van der Waals surface area contributed by atoms with Crippen LogP contribution in [0.2, 0.25) is 0 Å². The molecule has 2 heterocycles. The molecule has 2 saturated heterocycles. The summed E-state index contributed by atoms with van der Waals surface area (Å²) in [5.41, 5.74) is 5.53. The molecule has 0 saturated carbocycles. The fourth-order valence-corrected chi connectivity index (χ4v) is 3.89. The molecular weight excluding hydrogens is 314 g/mol. The number of rotatable bonds is 7. The van der Waals surface area contributed by atoms with E-state index in [0.717, 1.165) is 37.9 Å². The van der Waals surface area contributed by atoms with Gasteiger partial charge in [-0.05, 0) is 56.1 Å². The van der Waals surface area contributed by atoms with E-state index in [-0.39, 0.29) is 24.2 Å². The Bertz CT molecular complexity index is 528. The van der Waals surface area contributed by atoms with Crippen molar-refractivity contribution in [2.75, 3.05) is 13.2 Å². The Kier molecular flexibility index (Phi) is 5.41. The first-order valence-corrected chi connectivity index (χ1v) is 8.70. The first-order valence-electron chi connectivity index (χ1n) is 8.36. The molecule has 1 aromatic rings. The molecule has 2 aliphatic heterocycles. The van der Waals surface area contributed by atoms with Gasteiger partial charge in [0.1, 0.15) is 24.6 Å². The second kappa shape index (κ2) is 7.51. The second-order valence-electron chi connectivity index (χ2n) is 6.23. The highest BCUT2D eigenvalue weighted by atomic mass is 35.5. The molecule has 2 aliphatic rings. The van der Waals surface area contributed by atoms with E-state index in [1.165, 1.54) is 0 Å². The molecular formula is C17H24ClN3O2. The van der Waals surface area contributed by atoms with Crippen LogP contribution < -0.4 is 10.5 Å². The largest absolute Gasteiger partial charge is 0.491 e. The van der Waals surface area contributed by atoms with Crippen molar-refractivity contribution in [3.05, 3.63) is 30.3 Å². The average Bonchev–Trinajstić information content (AvgIpc) is 3.09. The lowest BCUT2D eigenvalue weighted by atomic mass is 10.1. The smallest absolute Gasteiger partial charge is 0.243 e. The topological polar surface area (TPSA) is 58.8 Å². The third kappa shape index (κ3) is 3.47. The van der Waals surface area contributed by atoms with Crippen LogP contribution in [0, 0.1) is 0 Å². The molecule has 126 valence electrons. The van der Waals surface area contributed by atoms with E-state index < -0.39 is 0 Å². The molecule has 0 aromatic heterocycles. The Morgan fingerprint density at radius 3 is 2.74 bits per heavy atom. The van der Waals surface area contributed by atoms with Crippen LogP contribution in [0.15, 0.2) is 30.3 Å². The maximum atomic E-state index is 12.7. The van der Waals surface area contributed by atoms with Crippen LogP contribution in [-0.2, 0) is 4.79 Å². The Morgan fingerprint density at radius 1 is 1.22 bits per heavy atom. The van der Waals surface area contributed by atoms with E-state index in [0.29, 0.717) is 13.2 Å². The van der Waals surface area contributed by atoms with Crippen LogP contribution in [0.4, 0.5) is 0 Å². The average molecular weight is 338 g/mol. The lowest BCUT2D eigenvalue weighted by Gasteiger charge is -2.24. The number of ether oxygens (including phenoxy) is 1. The summed E-state index contributed by atoms with van der Waals surface area (Å²) in [5.74, 6) is 0.978. The van der Waals surface area contributed by atoms with Gasteiger partial charge in [-0.25, -0.2) is 0 Å². The van der Waals surface area contributed by atoms with Crippen LogP contribution in [0.3, 0.4) is 0 Å². The molecule has 1 unspecified atom stereocenters. The van der Waals surface area contributed by atoms with Crippen molar-refractivity contribution in [1.82, 2.24) is 9.32 Å². The number of nitrogens with zero attached hydrogens (tertiary/aromatic N) is 2. The van der Waals surface area contributed by atoms with Gasteiger partial charge >= 0.3 is 0 Å².